The number of halogens is 1. The molecule has 2 amide bonds. The highest BCUT2D eigenvalue weighted by Crippen LogP contribution is 2.42. The molecule has 1 aliphatic heterocycles. The first-order valence-corrected chi connectivity index (χ1v) is 10.1. The van der Waals surface area contributed by atoms with Crippen molar-refractivity contribution in [1.29, 1.82) is 0 Å². The van der Waals surface area contributed by atoms with E-state index in [4.69, 9.17) is 17.3 Å². The Kier molecular flexibility index (Phi) is 4.30. The van der Waals surface area contributed by atoms with E-state index in [9.17, 15) is 9.59 Å². The monoisotopic (exact) mass is 405 g/mol. The molecular formula is C23H20ClN3O2. The summed E-state index contributed by atoms with van der Waals surface area (Å²) in [5.41, 5.74) is 11.4. The van der Waals surface area contributed by atoms with E-state index in [1.54, 1.807) is 12.1 Å². The van der Waals surface area contributed by atoms with Crippen molar-refractivity contribution in [1.82, 2.24) is 9.72 Å². The molecule has 1 aliphatic carbocycles. The van der Waals surface area contributed by atoms with Gasteiger partial charge in [-0.05, 0) is 55.5 Å². The summed E-state index contributed by atoms with van der Waals surface area (Å²) < 4.78 is 2.14. The number of carbonyl (C=O) groups excluding carboxylic acids is 2. The van der Waals surface area contributed by atoms with Crippen molar-refractivity contribution in [3.05, 3.63) is 76.1 Å². The minimum Gasteiger partial charge on any atom is -0.330 e. The van der Waals surface area contributed by atoms with Gasteiger partial charge in [-0.3, -0.25) is 14.9 Å². The lowest BCUT2D eigenvalue weighted by Crippen LogP contribution is -2.24. The summed E-state index contributed by atoms with van der Waals surface area (Å²) in [5, 5.41) is 2.93. The van der Waals surface area contributed by atoms with E-state index < -0.39 is 5.91 Å². The van der Waals surface area contributed by atoms with E-state index in [-0.39, 0.29) is 5.91 Å². The van der Waals surface area contributed by atoms with Crippen molar-refractivity contribution in [2.45, 2.75) is 19.3 Å². The molecule has 0 bridgehead atoms. The fourth-order valence-electron chi connectivity index (χ4n) is 4.64. The number of amides is 2. The number of nitrogens with zero attached hydrogens (tertiary/aromatic N) is 1. The van der Waals surface area contributed by atoms with Crippen LogP contribution < -0.4 is 11.1 Å². The number of nitrogens with two attached hydrogens (primary N) is 1. The van der Waals surface area contributed by atoms with E-state index in [0.717, 1.165) is 35.9 Å². The number of nitrogens with one attached hydrogen (secondary N) is 1. The zero-order chi connectivity index (χ0) is 20.1. The van der Waals surface area contributed by atoms with Crippen molar-refractivity contribution >= 4 is 40.1 Å². The summed E-state index contributed by atoms with van der Waals surface area (Å²) >= 11 is 6.40. The van der Waals surface area contributed by atoms with Gasteiger partial charge in [-0.15, -0.1) is 0 Å². The third kappa shape index (κ3) is 2.73. The Morgan fingerprint density at radius 2 is 1.83 bits per heavy atom. The second-order valence-corrected chi connectivity index (χ2v) is 8.02. The molecular weight excluding hydrogens is 386 g/mol. The number of hydrogen-bond donors (Lipinski definition) is 2. The van der Waals surface area contributed by atoms with Gasteiger partial charge in [0.25, 0.3) is 11.8 Å². The average molecular weight is 406 g/mol. The Labute approximate surface area is 173 Å². The molecule has 5 rings (SSSR count). The first-order chi connectivity index (χ1) is 14.1. The second kappa shape index (κ2) is 6.87. The van der Waals surface area contributed by atoms with Gasteiger partial charge in [-0.25, -0.2) is 0 Å². The summed E-state index contributed by atoms with van der Waals surface area (Å²) in [7, 11) is 0. The summed E-state index contributed by atoms with van der Waals surface area (Å²) in [6.07, 6.45) is 4.73. The SMILES string of the molecule is NCC1CCc2c(c(C3=C(c4ccccc4Cl)C(=O)NC3=O)c3ccccn23)C1. The molecule has 3 heterocycles. The maximum Gasteiger partial charge on any atom is 0.259 e. The number of hydrogen-bond acceptors (Lipinski definition) is 3. The number of imide groups is 1. The first-order valence-electron chi connectivity index (χ1n) is 9.76. The number of benzene rings is 1. The van der Waals surface area contributed by atoms with Crippen LogP contribution in [0.3, 0.4) is 0 Å². The van der Waals surface area contributed by atoms with Gasteiger partial charge >= 0.3 is 0 Å². The van der Waals surface area contributed by atoms with E-state index in [1.807, 2.05) is 36.5 Å². The van der Waals surface area contributed by atoms with E-state index in [1.165, 1.54) is 5.69 Å². The third-order valence-corrected chi connectivity index (χ3v) is 6.33. The van der Waals surface area contributed by atoms with Crippen molar-refractivity contribution in [2.75, 3.05) is 6.54 Å². The highest BCUT2D eigenvalue weighted by Gasteiger charge is 2.37. The fourth-order valence-corrected chi connectivity index (χ4v) is 4.87. The van der Waals surface area contributed by atoms with E-state index >= 15 is 0 Å². The summed E-state index contributed by atoms with van der Waals surface area (Å²) in [6.45, 7) is 0.604. The molecule has 1 atom stereocenters. The van der Waals surface area contributed by atoms with Gasteiger partial charge in [0.2, 0.25) is 0 Å². The lowest BCUT2D eigenvalue weighted by atomic mass is 9.83. The third-order valence-electron chi connectivity index (χ3n) is 6.00. The lowest BCUT2D eigenvalue weighted by molar-refractivity contribution is -0.122. The van der Waals surface area contributed by atoms with Gasteiger partial charge in [-0.1, -0.05) is 35.9 Å². The topological polar surface area (TPSA) is 76.6 Å². The Balaban J connectivity index is 1.86. The fraction of sp³-hybridized carbons (Fsp3) is 0.217. The van der Waals surface area contributed by atoms with Crippen molar-refractivity contribution in [2.24, 2.45) is 11.7 Å². The standard InChI is InChI=1S/C23H20ClN3O2/c24-16-6-2-1-5-14(16)20-21(23(29)26-22(20)28)19-15-11-13(12-25)8-9-17(15)27-10-4-3-7-18(19)27/h1-7,10,13H,8-9,11-12,25H2,(H,26,28,29). The average Bonchev–Trinajstić information content (AvgIpc) is 3.20. The van der Waals surface area contributed by atoms with Crippen LogP contribution >= 0.6 is 11.6 Å². The van der Waals surface area contributed by atoms with Gasteiger partial charge < -0.3 is 10.1 Å². The van der Waals surface area contributed by atoms with Gasteiger partial charge in [0.05, 0.1) is 16.7 Å². The van der Waals surface area contributed by atoms with Gasteiger partial charge in [-0.2, -0.15) is 0 Å². The molecule has 146 valence electrons. The predicted molar refractivity (Wildman–Crippen MR) is 113 cm³/mol. The Hall–Kier alpha value is -2.89. The number of carbonyl (C=O) groups is 2. The molecule has 0 radical (unpaired) electrons. The van der Waals surface area contributed by atoms with Gasteiger partial charge in [0.15, 0.2) is 0 Å². The lowest BCUT2D eigenvalue weighted by Gasteiger charge is -2.22. The largest absolute Gasteiger partial charge is 0.330 e. The van der Waals surface area contributed by atoms with Crippen LogP contribution in [0.1, 0.15) is 28.8 Å². The van der Waals surface area contributed by atoms with Crippen molar-refractivity contribution in [3.63, 3.8) is 0 Å². The maximum atomic E-state index is 13.0. The second-order valence-electron chi connectivity index (χ2n) is 7.61. The first kappa shape index (κ1) is 18.2. The molecule has 3 aromatic rings. The Morgan fingerprint density at radius 1 is 1.07 bits per heavy atom. The summed E-state index contributed by atoms with van der Waals surface area (Å²) in [6, 6.07) is 13.1. The summed E-state index contributed by atoms with van der Waals surface area (Å²) in [4.78, 5) is 25.8. The molecule has 5 nitrogen and oxygen atoms in total. The van der Waals surface area contributed by atoms with Gasteiger partial charge in [0.1, 0.15) is 0 Å². The Bertz CT molecular complexity index is 1210. The minimum atomic E-state index is -0.409. The molecule has 2 aromatic heterocycles. The zero-order valence-corrected chi connectivity index (χ0v) is 16.5. The van der Waals surface area contributed by atoms with E-state index in [2.05, 4.69) is 9.72 Å². The normalized spacial score (nSPS) is 19.0. The van der Waals surface area contributed by atoms with Crippen LogP contribution in [0.2, 0.25) is 5.02 Å². The quantitative estimate of drug-likeness (QED) is 0.657. The highest BCUT2D eigenvalue weighted by atomic mass is 35.5. The molecule has 0 saturated heterocycles. The maximum absolute atomic E-state index is 13.0. The Morgan fingerprint density at radius 3 is 2.62 bits per heavy atom. The molecule has 1 aromatic carbocycles. The molecule has 3 N–H and O–H groups in total. The van der Waals surface area contributed by atoms with Crippen LogP contribution in [0.25, 0.3) is 16.7 Å². The summed E-state index contributed by atoms with van der Waals surface area (Å²) in [5.74, 6) is -0.421. The van der Waals surface area contributed by atoms with Crippen LogP contribution in [-0.2, 0) is 22.4 Å². The number of aromatic nitrogens is 1. The smallest absolute Gasteiger partial charge is 0.259 e. The van der Waals surface area contributed by atoms with Crippen LogP contribution in [0.5, 0.6) is 0 Å². The molecule has 0 spiro atoms. The molecule has 29 heavy (non-hydrogen) atoms. The highest BCUT2D eigenvalue weighted by molar-refractivity contribution is 6.51. The van der Waals surface area contributed by atoms with Crippen LogP contribution in [0, 0.1) is 5.92 Å². The number of aryl methyl sites for hydroxylation is 1. The molecule has 0 fully saturated rings. The number of fused-ring (bicyclic) bond motifs is 3. The van der Waals surface area contributed by atoms with Crippen LogP contribution in [-0.4, -0.2) is 22.8 Å². The number of pyridine rings is 1. The van der Waals surface area contributed by atoms with Crippen LogP contribution in [0.4, 0.5) is 0 Å². The van der Waals surface area contributed by atoms with Gasteiger partial charge in [0, 0.05) is 28.0 Å². The molecule has 1 unspecified atom stereocenters. The number of rotatable bonds is 3. The van der Waals surface area contributed by atoms with E-state index in [0.29, 0.717) is 34.2 Å². The predicted octanol–water partition coefficient (Wildman–Crippen LogP) is 3.22. The van der Waals surface area contributed by atoms with Crippen LogP contribution in [0.15, 0.2) is 48.7 Å². The van der Waals surface area contributed by atoms with Crippen molar-refractivity contribution < 1.29 is 9.59 Å². The molecule has 6 heteroatoms. The molecule has 0 saturated carbocycles. The zero-order valence-electron chi connectivity index (χ0n) is 15.7. The van der Waals surface area contributed by atoms with Crippen molar-refractivity contribution in [3.8, 4) is 0 Å². The minimum absolute atomic E-state index is 0.342. The molecule has 2 aliphatic rings.